The van der Waals surface area contributed by atoms with Crippen molar-refractivity contribution in [1.29, 1.82) is 0 Å². The van der Waals surface area contributed by atoms with Gasteiger partial charge >= 0.3 is 0 Å². The van der Waals surface area contributed by atoms with E-state index in [1.54, 1.807) is 0 Å². The predicted octanol–water partition coefficient (Wildman–Crippen LogP) is 4.70. The third kappa shape index (κ3) is 4.06. The maximum atomic E-state index is 4.52. The molecule has 0 aliphatic rings. The van der Waals surface area contributed by atoms with Gasteiger partial charge in [0.05, 0.1) is 22.4 Å². The Morgan fingerprint density at radius 1 is 1.26 bits per heavy atom. The molecule has 110 valence electrons. The summed E-state index contributed by atoms with van der Waals surface area (Å²) in [6, 6.07) is 0.764. The topological polar surface area (TPSA) is 29.9 Å². The molecule has 0 radical (unpaired) electrons. The van der Waals surface area contributed by atoms with E-state index in [0.29, 0.717) is 18.0 Å². The normalized spacial score (nSPS) is 13.5. The molecule has 0 aromatic carbocycles. The number of halogens is 1. The van der Waals surface area contributed by atoms with E-state index >= 15 is 0 Å². The maximum Gasteiger partial charge on any atom is 0.0701 e. The molecule has 1 rings (SSSR count). The molecule has 0 aliphatic heterocycles. The van der Waals surface area contributed by atoms with E-state index in [0.717, 1.165) is 4.47 Å². The van der Waals surface area contributed by atoms with Crippen LogP contribution >= 0.6 is 15.9 Å². The van der Waals surface area contributed by atoms with Crippen molar-refractivity contribution < 1.29 is 0 Å². The standard InChI is InChI=1S/C15H28BrN3/c1-6-8-12(9-7-2)14(17-5)15-13(16)10-18-19(15)11(3)4/h10-12,14,17H,6-9H2,1-5H3. The Hall–Kier alpha value is -0.350. The molecule has 0 bridgehead atoms. The number of hydrogen-bond acceptors (Lipinski definition) is 2. The lowest BCUT2D eigenvalue weighted by atomic mass is 9.88. The van der Waals surface area contributed by atoms with Crippen LogP contribution in [0.2, 0.25) is 0 Å². The second-order valence-corrected chi connectivity index (χ2v) is 6.37. The van der Waals surface area contributed by atoms with E-state index in [1.165, 1.54) is 31.4 Å². The Balaban J connectivity index is 3.09. The quantitative estimate of drug-likeness (QED) is 0.748. The van der Waals surface area contributed by atoms with Crippen molar-refractivity contribution in [3.05, 3.63) is 16.4 Å². The van der Waals surface area contributed by atoms with Gasteiger partial charge in [0.1, 0.15) is 0 Å². The summed E-state index contributed by atoms with van der Waals surface area (Å²) in [6.45, 7) is 8.91. The highest BCUT2D eigenvalue weighted by molar-refractivity contribution is 9.10. The van der Waals surface area contributed by atoms with Gasteiger partial charge in [-0.2, -0.15) is 5.10 Å². The Bertz CT molecular complexity index is 367. The summed E-state index contributed by atoms with van der Waals surface area (Å²) in [5.74, 6) is 0.672. The maximum absolute atomic E-state index is 4.52. The van der Waals surface area contributed by atoms with Gasteiger partial charge in [-0.3, -0.25) is 4.68 Å². The zero-order chi connectivity index (χ0) is 14.4. The highest BCUT2D eigenvalue weighted by atomic mass is 79.9. The van der Waals surface area contributed by atoms with Gasteiger partial charge in [0.2, 0.25) is 0 Å². The van der Waals surface area contributed by atoms with Gasteiger partial charge in [0.15, 0.2) is 0 Å². The average Bonchev–Trinajstić information content (AvgIpc) is 2.73. The van der Waals surface area contributed by atoms with Crippen LogP contribution in [0.1, 0.15) is 71.2 Å². The van der Waals surface area contributed by atoms with E-state index in [2.05, 4.69) is 65.8 Å². The summed E-state index contributed by atoms with van der Waals surface area (Å²) in [4.78, 5) is 0. The third-order valence-corrected chi connectivity index (χ3v) is 4.28. The van der Waals surface area contributed by atoms with Gasteiger partial charge in [-0.25, -0.2) is 0 Å². The minimum atomic E-state index is 0.374. The highest BCUT2D eigenvalue weighted by Crippen LogP contribution is 2.34. The van der Waals surface area contributed by atoms with E-state index in [-0.39, 0.29) is 0 Å². The molecule has 1 aromatic heterocycles. The molecule has 0 aliphatic carbocycles. The Morgan fingerprint density at radius 2 is 1.84 bits per heavy atom. The van der Waals surface area contributed by atoms with Crippen molar-refractivity contribution in [1.82, 2.24) is 15.1 Å². The van der Waals surface area contributed by atoms with Crippen molar-refractivity contribution in [2.45, 2.75) is 65.5 Å². The predicted molar refractivity (Wildman–Crippen MR) is 85.4 cm³/mol. The summed E-state index contributed by atoms with van der Waals surface area (Å²) < 4.78 is 3.27. The Kier molecular flexibility index (Phi) is 7.08. The third-order valence-electron chi connectivity index (χ3n) is 3.67. The minimum Gasteiger partial charge on any atom is -0.311 e. The van der Waals surface area contributed by atoms with Crippen molar-refractivity contribution >= 4 is 15.9 Å². The first-order valence-electron chi connectivity index (χ1n) is 7.46. The van der Waals surface area contributed by atoms with Crippen molar-refractivity contribution in [2.24, 2.45) is 5.92 Å². The number of hydrogen-bond donors (Lipinski definition) is 1. The van der Waals surface area contributed by atoms with Crippen LogP contribution in [-0.4, -0.2) is 16.8 Å². The van der Waals surface area contributed by atoms with E-state index < -0.39 is 0 Å². The molecule has 1 N–H and O–H groups in total. The number of rotatable bonds is 8. The molecule has 4 heteroatoms. The van der Waals surface area contributed by atoms with Crippen molar-refractivity contribution in [2.75, 3.05) is 7.05 Å². The number of nitrogens with zero attached hydrogens (tertiary/aromatic N) is 2. The number of nitrogens with one attached hydrogen (secondary N) is 1. The lowest BCUT2D eigenvalue weighted by molar-refractivity contribution is 0.308. The lowest BCUT2D eigenvalue weighted by Crippen LogP contribution is -2.28. The van der Waals surface area contributed by atoms with Crippen LogP contribution in [0.4, 0.5) is 0 Å². The zero-order valence-electron chi connectivity index (χ0n) is 12.9. The fraction of sp³-hybridized carbons (Fsp3) is 0.800. The molecule has 1 unspecified atom stereocenters. The highest BCUT2D eigenvalue weighted by Gasteiger charge is 2.26. The van der Waals surface area contributed by atoms with Crippen molar-refractivity contribution in [3.8, 4) is 0 Å². The first kappa shape index (κ1) is 16.7. The molecule has 0 saturated carbocycles. The van der Waals surface area contributed by atoms with E-state index in [1.807, 2.05) is 6.20 Å². The van der Waals surface area contributed by atoms with E-state index in [4.69, 9.17) is 0 Å². The summed E-state index contributed by atoms with van der Waals surface area (Å²) in [5, 5.41) is 8.04. The molecule has 1 aromatic rings. The average molecular weight is 330 g/mol. The second kappa shape index (κ2) is 8.05. The molecule has 1 heterocycles. The molecular weight excluding hydrogens is 302 g/mol. The van der Waals surface area contributed by atoms with Crippen LogP contribution in [0.25, 0.3) is 0 Å². The molecule has 1 atom stereocenters. The zero-order valence-corrected chi connectivity index (χ0v) is 14.5. The molecule has 3 nitrogen and oxygen atoms in total. The summed E-state index contributed by atoms with van der Waals surface area (Å²) >= 11 is 3.67. The molecule has 19 heavy (non-hydrogen) atoms. The van der Waals surface area contributed by atoms with Crippen LogP contribution in [0.5, 0.6) is 0 Å². The van der Waals surface area contributed by atoms with Crippen LogP contribution in [-0.2, 0) is 0 Å². The summed E-state index contributed by atoms with van der Waals surface area (Å²) in [6.07, 6.45) is 6.91. The lowest BCUT2D eigenvalue weighted by Gasteiger charge is -2.28. The number of aromatic nitrogens is 2. The summed E-state index contributed by atoms with van der Waals surface area (Å²) in [5.41, 5.74) is 1.30. The van der Waals surface area contributed by atoms with Gasteiger partial charge in [-0.1, -0.05) is 26.7 Å². The fourth-order valence-corrected chi connectivity index (χ4v) is 3.39. The van der Waals surface area contributed by atoms with Crippen LogP contribution in [0.3, 0.4) is 0 Å². The fourth-order valence-electron chi connectivity index (χ4n) is 2.87. The molecular formula is C15H28BrN3. The first-order chi connectivity index (χ1) is 9.06. The van der Waals surface area contributed by atoms with Gasteiger partial charge in [0.25, 0.3) is 0 Å². The molecule has 0 amide bonds. The van der Waals surface area contributed by atoms with Gasteiger partial charge < -0.3 is 5.32 Å². The Labute approximate surface area is 126 Å². The largest absolute Gasteiger partial charge is 0.311 e. The first-order valence-corrected chi connectivity index (χ1v) is 8.26. The second-order valence-electron chi connectivity index (χ2n) is 5.52. The monoisotopic (exact) mass is 329 g/mol. The van der Waals surface area contributed by atoms with E-state index in [9.17, 15) is 0 Å². The Morgan fingerprint density at radius 3 is 2.26 bits per heavy atom. The molecule has 0 spiro atoms. The van der Waals surface area contributed by atoms with Gasteiger partial charge in [-0.15, -0.1) is 0 Å². The molecule has 0 fully saturated rings. The van der Waals surface area contributed by atoms with Crippen LogP contribution < -0.4 is 5.32 Å². The van der Waals surface area contributed by atoms with Crippen LogP contribution in [0.15, 0.2) is 10.7 Å². The molecule has 0 saturated heterocycles. The minimum absolute atomic E-state index is 0.374. The smallest absolute Gasteiger partial charge is 0.0701 e. The summed E-state index contributed by atoms with van der Waals surface area (Å²) in [7, 11) is 2.06. The van der Waals surface area contributed by atoms with Gasteiger partial charge in [0, 0.05) is 6.04 Å². The van der Waals surface area contributed by atoms with Gasteiger partial charge in [-0.05, 0) is 55.6 Å². The van der Waals surface area contributed by atoms with Crippen molar-refractivity contribution in [3.63, 3.8) is 0 Å². The van der Waals surface area contributed by atoms with Crippen LogP contribution in [0, 0.1) is 5.92 Å². The SMILES string of the molecule is CCCC(CCC)C(NC)c1c(Br)cnn1C(C)C.